The number of ether oxygens (including phenoxy) is 1. The molecule has 0 fully saturated rings. The van der Waals surface area contributed by atoms with E-state index in [-0.39, 0.29) is 11.8 Å². The van der Waals surface area contributed by atoms with E-state index in [2.05, 4.69) is 20.7 Å². The predicted molar refractivity (Wildman–Crippen MR) is 117 cm³/mol. The number of hydrogen-bond donors (Lipinski definition) is 2. The highest BCUT2D eigenvalue weighted by atomic mass is 16.5. The van der Waals surface area contributed by atoms with E-state index in [4.69, 9.17) is 4.74 Å². The van der Waals surface area contributed by atoms with Crippen LogP contribution in [0.4, 0.5) is 11.4 Å². The number of carbonyl (C=O) groups excluding carboxylic acids is 2. The van der Waals surface area contributed by atoms with Gasteiger partial charge in [0.25, 0.3) is 11.8 Å². The van der Waals surface area contributed by atoms with E-state index in [1.807, 2.05) is 0 Å². The normalized spacial score (nSPS) is 10.4. The average Bonchev–Trinajstić information content (AvgIpc) is 3.34. The Morgan fingerprint density at radius 3 is 2.45 bits per heavy atom. The molecular formula is C23H19N5O3. The molecule has 31 heavy (non-hydrogen) atoms. The highest BCUT2D eigenvalue weighted by molar-refractivity contribution is 6.12. The van der Waals surface area contributed by atoms with Gasteiger partial charge in [-0.25, -0.2) is 9.67 Å². The summed E-state index contributed by atoms with van der Waals surface area (Å²) in [4.78, 5) is 29.4. The van der Waals surface area contributed by atoms with E-state index < -0.39 is 0 Å². The van der Waals surface area contributed by atoms with E-state index in [0.717, 1.165) is 5.69 Å². The molecule has 154 valence electrons. The number of para-hydroxylation sites is 1. The lowest BCUT2D eigenvalue weighted by Crippen LogP contribution is -2.18. The van der Waals surface area contributed by atoms with Crippen molar-refractivity contribution in [3.8, 4) is 11.4 Å². The van der Waals surface area contributed by atoms with Crippen LogP contribution >= 0.6 is 0 Å². The van der Waals surface area contributed by atoms with Crippen molar-refractivity contribution in [1.29, 1.82) is 0 Å². The molecule has 8 nitrogen and oxygen atoms in total. The molecule has 1 aromatic heterocycles. The third kappa shape index (κ3) is 4.59. The maximum absolute atomic E-state index is 12.8. The second kappa shape index (κ2) is 8.91. The number of rotatable bonds is 6. The smallest absolute Gasteiger partial charge is 0.257 e. The lowest BCUT2D eigenvalue weighted by Gasteiger charge is -2.12. The zero-order valence-corrected chi connectivity index (χ0v) is 16.6. The van der Waals surface area contributed by atoms with E-state index in [1.165, 1.54) is 6.33 Å². The van der Waals surface area contributed by atoms with Crippen LogP contribution in [-0.2, 0) is 0 Å². The highest BCUT2D eigenvalue weighted by Gasteiger charge is 2.15. The van der Waals surface area contributed by atoms with Crippen LogP contribution in [0.1, 0.15) is 20.7 Å². The van der Waals surface area contributed by atoms with Crippen LogP contribution in [-0.4, -0.2) is 33.7 Å². The zero-order chi connectivity index (χ0) is 21.6. The van der Waals surface area contributed by atoms with Gasteiger partial charge in [-0.2, -0.15) is 5.10 Å². The van der Waals surface area contributed by atoms with E-state index >= 15 is 0 Å². The molecule has 4 aromatic rings. The van der Waals surface area contributed by atoms with Crippen molar-refractivity contribution in [2.45, 2.75) is 0 Å². The topological polar surface area (TPSA) is 98.1 Å². The van der Waals surface area contributed by atoms with Crippen LogP contribution in [0.25, 0.3) is 5.69 Å². The van der Waals surface area contributed by atoms with Crippen LogP contribution in [0.2, 0.25) is 0 Å². The fourth-order valence-electron chi connectivity index (χ4n) is 2.99. The SMILES string of the molecule is COc1cccc(NC(=O)c2ccccc2NC(=O)c2ccc(-n3cncn3)cc2)c1. The molecule has 2 amide bonds. The maximum Gasteiger partial charge on any atom is 0.257 e. The van der Waals surface area contributed by atoms with Gasteiger partial charge in [-0.05, 0) is 48.5 Å². The summed E-state index contributed by atoms with van der Waals surface area (Å²) in [5.74, 6) is -0.0359. The molecule has 0 aliphatic rings. The van der Waals surface area contributed by atoms with Gasteiger partial charge in [0.1, 0.15) is 18.4 Å². The molecule has 0 spiro atoms. The first-order chi connectivity index (χ1) is 15.1. The molecule has 2 N–H and O–H groups in total. The van der Waals surface area contributed by atoms with Crippen LogP contribution in [0.5, 0.6) is 5.75 Å². The molecule has 0 aliphatic heterocycles. The monoisotopic (exact) mass is 413 g/mol. The minimum atomic E-state index is -0.342. The summed E-state index contributed by atoms with van der Waals surface area (Å²) in [6.07, 6.45) is 3.01. The standard InChI is InChI=1S/C23H19N5O3/c1-31-19-6-4-5-17(13-19)26-23(30)20-7-2-3-8-21(20)27-22(29)16-9-11-18(12-10-16)28-15-24-14-25-28/h2-15H,1H3,(H,26,30)(H,27,29). The van der Waals surface area contributed by atoms with Gasteiger partial charge in [-0.3, -0.25) is 9.59 Å². The van der Waals surface area contributed by atoms with Crippen LogP contribution in [0, 0.1) is 0 Å². The number of methoxy groups -OCH3 is 1. The first-order valence-electron chi connectivity index (χ1n) is 9.45. The third-order valence-electron chi connectivity index (χ3n) is 4.56. The Kier molecular flexibility index (Phi) is 5.70. The largest absolute Gasteiger partial charge is 0.497 e. The van der Waals surface area contributed by atoms with Crippen molar-refractivity contribution >= 4 is 23.2 Å². The first-order valence-corrected chi connectivity index (χ1v) is 9.45. The van der Waals surface area contributed by atoms with E-state index in [0.29, 0.717) is 28.3 Å². The number of aromatic nitrogens is 3. The lowest BCUT2D eigenvalue weighted by atomic mass is 10.1. The lowest BCUT2D eigenvalue weighted by molar-refractivity contribution is 0.102. The summed E-state index contributed by atoms with van der Waals surface area (Å²) < 4.78 is 6.78. The van der Waals surface area contributed by atoms with Crippen molar-refractivity contribution in [3.63, 3.8) is 0 Å². The van der Waals surface area contributed by atoms with Crippen molar-refractivity contribution < 1.29 is 14.3 Å². The molecular weight excluding hydrogens is 394 g/mol. The Balaban J connectivity index is 1.50. The number of hydrogen-bond acceptors (Lipinski definition) is 5. The highest BCUT2D eigenvalue weighted by Crippen LogP contribution is 2.21. The molecule has 0 bridgehead atoms. The van der Waals surface area contributed by atoms with Gasteiger partial charge in [0.05, 0.1) is 24.0 Å². The summed E-state index contributed by atoms with van der Waals surface area (Å²) >= 11 is 0. The van der Waals surface area contributed by atoms with Gasteiger partial charge in [0.2, 0.25) is 0 Å². The summed E-state index contributed by atoms with van der Waals surface area (Å²) in [5.41, 5.74) is 2.58. The Labute approximate surface area is 178 Å². The molecule has 0 aliphatic carbocycles. The molecule has 0 atom stereocenters. The first kappa shape index (κ1) is 19.8. The molecule has 8 heteroatoms. The molecule has 0 saturated carbocycles. The summed E-state index contributed by atoms with van der Waals surface area (Å²) in [6.45, 7) is 0. The minimum Gasteiger partial charge on any atom is -0.497 e. The molecule has 3 aromatic carbocycles. The third-order valence-corrected chi connectivity index (χ3v) is 4.56. The predicted octanol–water partition coefficient (Wildman–Crippen LogP) is 3.78. The summed E-state index contributed by atoms with van der Waals surface area (Å²) in [5, 5.41) is 9.69. The van der Waals surface area contributed by atoms with Gasteiger partial charge >= 0.3 is 0 Å². The van der Waals surface area contributed by atoms with Gasteiger partial charge in [0, 0.05) is 17.3 Å². The van der Waals surface area contributed by atoms with E-state index in [9.17, 15) is 9.59 Å². The Morgan fingerprint density at radius 1 is 0.903 bits per heavy atom. The van der Waals surface area contributed by atoms with Gasteiger partial charge in [-0.15, -0.1) is 0 Å². The number of anilines is 2. The summed E-state index contributed by atoms with van der Waals surface area (Å²) in [7, 11) is 1.56. The van der Waals surface area contributed by atoms with Gasteiger partial charge in [-0.1, -0.05) is 18.2 Å². The second-order valence-corrected chi connectivity index (χ2v) is 6.57. The number of nitrogens with zero attached hydrogens (tertiary/aromatic N) is 3. The number of nitrogens with one attached hydrogen (secondary N) is 2. The van der Waals surface area contributed by atoms with Crippen LogP contribution in [0.15, 0.2) is 85.5 Å². The van der Waals surface area contributed by atoms with Gasteiger partial charge in [0.15, 0.2) is 0 Å². The van der Waals surface area contributed by atoms with Crippen molar-refractivity contribution in [1.82, 2.24) is 14.8 Å². The number of benzene rings is 3. The molecule has 0 radical (unpaired) electrons. The fourth-order valence-corrected chi connectivity index (χ4v) is 2.99. The minimum absolute atomic E-state index is 0.327. The Hall–Kier alpha value is -4.46. The van der Waals surface area contributed by atoms with Crippen molar-refractivity contribution in [3.05, 3.63) is 96.6 Å². The van der Waals surface area contributed by atoms with Crippen LogP contribution < -0.4 is 15.4 Å². The van der Waals surface area contributed by atoms with Crippen molar-refractivity contribution in [2.24, 2.45) is 0 Å². The van der Waals surface area contributed by atoms with Gasteiger partial charge < -0.3 is 15.4 Å². The average molecular weight is 413 g/mol. The van der Waals surface area contributed by atoms with Crippen LogP contribution in [0.3, 0.4) is 0 Å². The van der Waals surface area contributed by atoms with E-state index in [1.54, 1.807) is 90.9 Å². The fraction of sp³-hybridized carbons (Fsp3) is 0.0435. The maximum atomic E-state index is 12.8. The Bertz CT molecular complexity index is 1200. The summed E-state index contributed by atoms with van der Waals surface area (Å²) in [6, 6.07) is 20.8. The number of carbonyl (C=O) groups is 2. The zero-order valence-electron chi connectivity index (χ0n) is 16.6. The molecule has 4 rings (SSSR count). The second-order valence-electron chi connectivity index (χ2n) is 6.57. The molecule has 0 unspecified atom stereocenters. The molecule has 0 saturated heterocycles. The quantitative estimate of drug-likeness (QED) is 0.501. The van der Waals surface area contributed by atoms with Crippen molar-refractivity contribution in [2.75, 3.05) is 17.7 Å². The Morgan fingerprint density at radius 2 is 1.71 bits per heavy atom. The molecule has 1 heterocycles. The number of amides is 2.